The van der Waals surface area contributed by atoms with Crippen LogP contribution in [-0.2, 0) is 22.3 Å². The summed E-state index contributed by atoms with van der Waals surface area (Å²) in [5.41, 5.74) is 7.72. The Bertz CT molecular complexity index is 700. The van der Waals surface area contributed by atoms with Crippen LogP contribution in [-0.4, -0.2) is 15.5 Å². The van der Waals surface area contributed by atoms with Crippen molar-refractivity contribution in [3.8, 4) is 5.75 Å². The molecule has 112 valence electrons. The van der Waals surface area contributed by atoms with E-state index in [2.05, 4.69) is 4.72 Å². The van der Waals surface area contributed by atoms with E-state index < -0.39 is 10.0 Å². The molecular formula is C15H18N2O3S. The zero-order valence-electron chi connectivity index (χ0n) is 11.7. The van der Waals surface area contributed by atoms with Gasteiger partial charge in [-0.1, -0.05) is 30.3 Å². The van der Waals surface area contributed by atoms with Gasteiger partial charge in [0.05, 0.1) is 12.9 Å². The number of hydrogen-bond donors (Lipinski definition) is 2. The average molecular weight is 306 g/mol. The van der Waals surface area contributed by atoms with Crippen LogP contribution >= 0.6 is 0 Å². The first-order valence-corrected chi connectivity index (χ1v) is 8.09. The summed E-state index contributed by atoms with van der Waals surface area (Å²) in [4.78, 5) is 0. The summed E-state index contributed by atoms with van der Waals surface area (Å²) >= 11 is 0. The van der Waals surface area contributed by atoms with E-state index in [0.717, 1.165) is 5.56 Å². The van der Waals surface area contributed by atoms with Gasteiger partial charge in [-0.05, 0) is 23.8 Å². The molecule has 0 fully saturated rings. The Morgan fingerprint density at radius 1 is 1.14 bits per heavy atom. The molecule has 6 heteroatoms. The van der Waals surface area contributed by atoms with Gasteiger partial charge < -0.3 is 10.5 Å². The van der Waals surface area contributed by atoms with Crippen molar-refractivity contribution in [1.82, 2.24) is 4.72 Å². The van der Waals surface area contributed by atoms with Crippen LogP contribution in [0.3, 0.4) is 0 Å². The van der Waals surface area contributed by atoms with Gasteiger partial charge >= 0.3 is 0 Å². The van der Waals surface area contributed by atoms with Crippen LogP contribution in [0.1, 0.15) is 11.1 Å². The molecule has 0 radical (unpaired) electrons. The van der Waals surface area contributed by atoms with Crippen molar-refractivity contribution >= 4 is 15.7 Å². The number of rotatable bonds is 6. The smallest absolute Gasteiger partial charge is 0.216 e. The van der Waals surface area contributed by atoms with Gasteiger partial charge in [0.2, 0.25) is 10.0 Å². The Hall–Kier alpha value is -2.05. The van der Waals surface area contributed by atoms with Gasteiger partial charge in [0.25, 0.3) is 0 Å². The predicted octanol–water partition coefficient (Wildman–Crippen LogP) is 1.90. The minimum absolute atomic E-state index is 0.0571. The highest BCUT2D eigenvalue weighted by atomic mass is 32.2. The molecule has 0 heterocycles. The van der Waals surface area contributed by atoms with E-state index in [4.69, 9.17) is 10.5 Å². The third-order valence-corrected chi connectivity index (χ3v) is 4.28. The fraction of sp³-hybridized carbons (Fsp3) is 0.200. The van der Waals surface area contributed by atoms with E-state index in [9.17, 15) is 8.42 Å². The third kappa shape index (κ3) is 4.47. The monoisotopic (exact) mass is 306 g/mol. The van der Waals surface area contributed by atoms with Gasteiger partial charge in [-0.2, -0.15) is 0 Å². The molecule has 0 aliphatic heterocycles. The molecule has 3 N–H and O–H groups in total. The number of ether oxygens (including phenoxy) is 1. The topological polar surface area (TPSA) is 81.4 Å². The van der Waals surface area contributed by atoms with Gasteiger partial charge in [-0.3, -0.25) is 0 Å². The summed E-state index contributed by atoms with van der Waals surface area (Å²) in [6, 6.07) is 14.2. The van der Waals surface area contributed by atoms with Crippen molar-refractivity contribution in [2.75, 3.05) is 12.8 Å². The molecule has 0 spiro atoms. The van der Waals surface area contributed by atoms with Crippen LogP contribution in [0, 0.1) is 0 Å². The predicted molar refractivity (Wildman–Crippen MR) is 83.3 cm³/mol. The standard InChI is InChI=1S/C15H18N2O3S/c1-20-15-8-7-14(16)9-13(15)10-17-21(18,19)11-12-5-3-2-4-6-12/h2-9,17H,10-11,16H2,1H3. The molecule has 21 heavy (non-hydrogen) atoms. The largest absolute Gasteiger partial charge is 0.496 e. The van der Waals surface area contributed by atoms with Crippen LogP contribution in [0.2, 0.25) is 0 Å². The molecule has 0 aliphatic carbocycles. The highest BCUT2D eigenvalue weighted by Crippen LogP contribution is 2.21. The lowest BCUT2D eigenvalue weighted by Gasteiger charge is -2.11. The molecule has 0 atom stereocenters. The van der Waals surface area contributed by atoms with Gasteiger partial charge in [-0.25, -0.2) is 13.1 Å². The third-order valence-electron chi connectivity index (χ3n) is 2.99. The summed E-state index contributed by atoms with van der Waals surface area (Å²) in [6.07, 6.45) is 0. The molecule has 2 aromatic carbocycles. The lowest BCUT2D eigenvalue weighted by Crippen LogP contribution is -2.25. The van der Waals surface area contributed by atoms with E-state index in [-0.39, 0.29) is 12.3 Å². The molecule has 0 amide bonds. The van der Waals surface area contributed by atoms with E-state index in [1.54, 1.807) is 30.3 Å². The maximum atomic E-state index is 12.1. The second kappa shape index (κ2) is 6.60. The highest BCUT2D eigenvalue weighted by molar-refractivity contribution is 7.88. The number of benzene rings is 2. The molecule has 0 aliphatic rings. The summed E-state index contributed by atoms with van der Waals surface area (Å²) in [6.45, 7) is 0.142. The molecule has 5 nitrogen and oxygen atoms in total. The number of hydrogen-bond acceptors (Lipinski definition) is 4. The zero-order valence-corrected chi connectivity index (χ0v) is 12.6. The second-order valence-corrected chi connectivity index (χ2v) is 6.44. The van der Waals surface area contributed by atoms with Crippen molar-refractivity contribution in [1.29, 1.82) is 0 Å². The molecule has 2 rings (SSSR count). The average Bonchev–Trinajstić information content (AvgIpc) is 2.46. The van der Waals surface area contributed by atoms with Gasteiger partial charge in [0.1, 0.15) is 5.75 Å². The Balaban J connectivity index is 2.07. The lowest BCUT2D eigenvalue weighted by atomic mass is 10.2. The van der Waals surface area contributed by atoms with Crippen LogP contribution in [0.5, 0.6) is 5.75 Å². The Labute approximate surface area is 124 Å². The van der Waals surface area contributed by atoms with Gasteiger partial charge in [-0.15, -0.1) is 0 Å². The van der Waals surface area contributed by atoms with E-state index in [1.807, 2.05) is 18.2 Å². The van der Waals surface area contributed by atoms with Crippen LogP contribution in [0.25, 0.3) is 0 Å². The minimum Gasteiger partial charge on any atom is -0.496 e. The Kier molecular flexibility index (Phi) is 4.82. The van der Waals surface area contributed by atoms with Crippen molar-refractivity contribution < 1.29 is 13.2 Å². The van der Waals surface area contributed by atoms with E-state index >= 15 is 0 Å². The summed E-state index contributed by atoms with van der Waals surface area (Å²) in [5, 5.41) is 0. The Morgan fingerprint density at radius 2 is 1.86 bits per heavy atom. The number of nitrogens with one attached hydrogen (secondary N) is 1. The summed E-state index contributed by atoms with van der Waals surface area (Å²) < 4.78 is 31.9. The number of sulfonamides is 1. The number of nitrogen functional groups attached to an aromatic ring is 1. The van der Waals surface area contributed by atoms with Crippen molar-refractivity contribution in [3.05, 3.63) is 59.7 Å². The van der Waals surface area contributed by atoms with E-state index in [1.165, 1.54) is 7.11 Å². The highest BCUT2D eigenvalue weighted by Gasteiger charge is 2.13. The molecule has 0 saturated carbocycles. The SMILES string of the molecule is COc1ccc(N)cc1CNS(=O)(=O)Cc1ccccc1. The lowest BCUT2D eigenvalue weighted by molar-refractivity contribution is 0.409. The summed E-state index contributed by atoms with van der Waals surface area (Å²) in [5.74, 6) is 0.546. The van der Waals surface area contributed by atoms with Gasteiger partial charge in [0, 0.05) is 17.8 Å². The van der Waals surface area contributed by atoms with Crippen molar-refractivity contribution in [2.24, 2.45) is 0 Å². The minimum atomic E-state index is -3.42. The number of methoxy groups -OCH3 is 1. The van der Waals surface area contributed by atoms with Crippen LogP contribution in [0.15, 0.2) is 48.5 Å². The fourth-order valence-electron chi connectivity index (χ4n) is 1.97. The number of nitrogens with two attached hydrogens (primary N) is 1. The molecule has 0 unspecified atom stereocenters. The maximum absolute atomic E-state index is 12.1. The normalized spacial score (nSPS) is 11.3. The first-order valence-electron chi connectivity index (χ1n) is 6.44. The van der Waals surface area contributed by atoms with Crippen molar-refractivity contribution in [2.45, 2.75) is 12.3 Å². The summed E-state index contributed by atoms with van der Waals surface area (Å²) in [7, 11) is -1.88. The quantitative estimate of drug-likeness (QED) is 0.799. The maximum Gasteiger partial charge on any atom is 0.216 e. The fourth-order valence-corrected chi connectivity index (χ4v) is 3.08. The molecule has 0 saturated heterocycles. The second-order valence-electron chi connectivity index (χ2n) is 4.64. The number of anilines is 1. The van der Waals surface area contributed by atoms with Crippen LogP contribution in [0.4, 0.5) is 5.69 Å². The Morgan fingerprint density at radius 3 is 2.52 bits per heavy atom. The van der Waals surface area contributed by atoms with E-state index in [0.29, 0.717) is 17.0 Å². The molecule has 2 aromatic rings. The van der Waals surface area contributed by atoms with Gasteiger partial charge in [0.15, 0.2) is 0 Å². The molecular weight excluding hydrogens is 288 g/mol. The zero-order chi connectivity index (χ0) is 15.3. The first-order chi connectivity index (χ1) is 10.00. The molecule has 0 bridgehead atoms. The molecule has 0 aromatic heterocycles. The van der Waals surface area contributed by atoms with Crippen molar-refractivity contribution in [3.63, 3.8) is 0 Å². The first kappa shape index (κ1) is 15.3. The van der Waals surface area contributed by atoms with Crippen LogP contribution < -0.4 is 15.2 Å².